The van der Waals surface area contributed by atoms with Crippen molar-refractivity contribution in [2.75, 3.05) is 20.2 Å². The predicted molar refractivity (Wildman–Crippen MR) is 103 cm³/mol. The Morgan fingerprint density at radius 1 is 1.14 bits per heavy atom. The van der Waals surface area contributed by atoms with Gasteiger partial charge in [-0.1, -0.05) is 18.6 Å². The summed E-state index contributed by atoms with van der Waals surface area (Å²) in [5.41, 5.74) is 0.526. The van der Waals surface area contributed by atoms with E-state index in [1.54, 1.807) is 24.3 Å². The van der Waals surface area contributed by atoms with Crippen LogP contribution in [0.5, 0.6) is 5.75 Å². The second kappa shape index (κ2) is 8.70. The molecule has 28 heavy (non-hydrogen) atoms. The molecular formula is C20H23FN2O4S. The van der Waals surface area contributed by atoms with Crippen molar-refractivity contribution in [3.8, 4) is 5.75 Å². The van der Waals surface area contributed by atoms with Crippen molar-refractivity contribution in [1.82, 2.24) is 9.62 Å². The van der Waals surface area contributed by atoms with Crippen molar-refractivity contribution in [3.63, 3.8) is 0 Å². The Bertz CT molecular complexity index is 956. The molecule has 1 amide bonds. The molecule has 2 aromatic carbocycles. The van der Waals surface area contributed by atoms with Crippen LogP contribution in [0.3, 0.4) is 0 Å². The predicted octanol–water partition coefficient (Wildman–Crippen LogP) is 2.94. The quantitative estimate of drug-likeness (QED) is 0.800. The van der Waals surface area contributed by atoms with Gasteiger partial charge in [0.2, 0.25) is 10.0 Å². The van der Waals surface area contributed by atoms with Crippen LogP contribution in [-0.2, 0) is 16.6 Å². The first-order valence-corrected chi connectivity index (χ1v) is 10.6. The number of nitrogens with one attached hydrogen (secondary N) is 1. The molecule has 0 bridgehead atoms. The summed E-state index contributed by atoms with van der Waals surface area (Å²) in [6.07, 6.45) is 2.77. The number of hydrogen-bond donors (Lipinski definition) is 1. The minimum absolute atomic E-state index is 0.0909. The van der Waals surface area contributed by atoms with E-state index < -0.39 is 21.7 Å². The number of benzene rings is 2. The highest BCUT2D eigenvalue weighted by molar-refractivity contribution is 7.89. The molecule has 8 heteroatoms. The SMILES string of the molecule is COc1ccc(C(=O)NCc2cccc(S(=O)(=O)N3CCCCC3)c2)c(F)c1. The minimum atomic E-state index is -3.54. The number of ether oxygens (including phenoxy) is 1. The van der Waals surface area contributed by atoms with Gasteiger partial charge in [0, 0.05) is 25.7 Å². The van der Waals surface area contributed by atoms with Crippen LogP contribution in [0.4, 0.5) is 4.39 Å². The number of sulfonamides is 1. The Kier molecular flexibility index (Phi) is 6.31. The highest BCUT2D eigenvalue weighted by atomic mass is 32.2. The molecule has 1 saturated heterocycles. The zero-order chi connectivity index (χ0) is 20.1. The van der Waals surface area contributed by atoms with E-state index in [1.807, 2.05) is 0 Å². The Labute approximate surface area is 164 Å². The average Bonchev–Trinajstić information content (AvgIpc) is 2.72. The van der Waals surface area contributed by atoms with Crippen LogP contribution in [-0.4, -0.2) is 38.8 Å². The van der Waals surface area contributed by atoms with E-state index >= 15 is 0 Å². The van der Waals surface area contributed by atoms with Gasteiger partial charge < -0.3 is 10.1 Å². The molecule has 1 heterocycles. The van der Waals surface area contributed by atoms with Crippen molar-refractivity contribution in [1.29, 1.82) is 0 Å². The molecule has 150 valence electrons. The molecule has 0 saturated carbocycles. The molecule has 1 N–H and O–H groups in total. The Hall–Kier alpha value is -2.45. The summed E-state index contributed by atoms with van der Waals surface area (Å²) in [6, 6.07) is 10.5. The minimum Gasteiger partial charge on any atom is -0.497 e. The number of hydrogen-bond acceptors (Lipinski definition) is 4. The first-order valence-electron chi connectivity index (χ1n) is 9.12. The number of rotatable bonds is 6. The van der Waals surface area contributed by atoms with Gasteiger partial charge in [0.05, 0.1) is 17.6 Å². The summed E-state index contributed by atoms with van der Waals surface area (Å²) in [6.45, 7) is 1.15. The van der Waals surface area contributed by atoms with Gasteiger partial charge in [0.25, 0.3) is 5.91 Å². The van der Waals surface area contributed by atoms with Gasteiger partial charge in [-0.25, -0.2) is 12.8 Å². The Morgan fingerprint density at radius 2 is 1.89 bits per heavy atom. The molecule has 0 spiro atoms. The van der Waals surface area contributed by atoms with Gasteiger partial charge in [-0.3, -0.25) is 4.79 Å². The standard InChI is InChI=1S/C20H23FN2O4S/c1-27-16-8-9-18(19(21)13-16)20(24)22-14-15-6-5-7-17(12-15)28(25,26)23-10-3-2-4-11-23/h5-9,12-13H,2-4,10-11,14H2,1H3,(H,22,24). The molecular weight excluding hydrogens is 383 g/mol. The molecule has 3 rings (SSSR count). The van der Waals surface area contributed by atoms with E-state index in [0.29, 0.717) is 24.4 Å². The molecule has 6 nitrogen and oxygen atoms in total. The third-order valence-corrected chi connectivity index (χ3v) is 6.62. The van der Waals surface area contributed by atoms with Crippen LogP contribution < -0.4 is 10.1 Å². The van der Waals surface area contributed by atoms with Gasteiger partial charge >= 0.3 is 0 Å². The van der Waals surface area contributed by atoms with Crippen LogP contribution >= 0.6 is 0 Å². The first-order chi connectivity index (χ1) is 13.4. The van der Waals surface area contributed by atoms with E-state index in [1.165, 1.54) is 23.5 Å². The molecule has 0 radical (unpaired) electrons. The lowest BCUT2D eigenvalue weighted by Gasteiger charge is -2.26. The zero-order valence-corrected chi connectivity index (χ0v) is 16.5. The largest absolute Gasteiger partial charge is 0.497 e. The highest BCUT2D eigenvalue weighted by Crippen LogP contribution is 2.21. The monoisotopic (exact) mass is 406 g/mol. The molecule has 0 aromatic heterocycles. The summed E-state index contributed by atoms with van der Waals surface area (Å²) >= 11 is 0. The summed E-state index contributed by atoms with van der Waals surface area (Å²) in [4.78, 5) is 12.5. The summed E-state index contributed by atoms with van der Waals surface area (Å²) in [7, 11) is -2.13. The number of carbonyl (C=O) groups is 1. The fraction of sp³-hybridized carbons (Fsp3) is 0.350. The van der Waals surface area contributed by atoms with Gasteiger partial charge in [-0.15, -0.1) is 0 Å². The second-order valence-corrected chi connectivity index (χ2v) is 8.58. The van der Waals surface area contributed by atoms with Crippen LogP contribution in [0, 0.1) is 5.82 Å². The molecule has 0 aliphatic carbocycles. The topological polar surface area (TPSA) is 75.7 Å². The number of methoxy groups -OCH3 is 1. The average molecular weight is 406 g/mol. The molecule has 0 unspecified atom stereocenters. The smallest absolute Gasteiger partial charge is 0.254 e. The van der Waals surface area contributed by atoms with Crippen molar-refractivity contribution in [3.05, 3.63) is 59.4 Å². The third-order valence-electron chi connectivity index (χ3n) is 4.73. The maximum absolute atomic E-state index is 14.0. The molecule has 2 aromatic rings. The molecule has 1 fully saturated rings. The third kappa shape index (κ3) is 4.51. The normalized spacial score (nSPS) is 15.2. The fourth-order valence-electron chi connectivity index (χ4n) is 3.15. The maximum Gasteiger partial charge on any atom is 0.254 e. The van der Waals surface area contributed by atoms with E-state index in [2.05, 4.69) is 5.32 Å². The van der Waals surface area contributed by atoms with Crippen molar-refractivity contribution < 1.29 is 22.3 Å². The molecule has 0 atom stereocenters. The van der Waals surface area contributed by atoms with Crippen LogP contribution in [0.15, 0.2) is 47.4 Å². The van der Waals surface area contributed by atoms with Gasteiger partial charge in [-0.05, 0) is 42.7 Å². The lowest BCUT2D eigenvalue weighted by Crippen LogP contribution is -2.35. The number of piperidine rings is 1. The Morgan fingerprint density at radius 3 is 2.57 bits per heavy atom. The number of carbonyl (C=O) groups excluding carboxylic acids is 1. The van der Waals surface area contributed by atoms with Crippen molar-refractivity contribution >= 4 is 15.9 Å². The number of nitrogens with zero attached hydrogens (tertiary/aromatic N) is 1. The first kappa shape index (κ1) is 20.3. The van der Waals surface area contributed by atoms with E-state index in [-0.39, 0.29) is 17.0 Å². The van der Waals surface area contributed by atoms with Crippen LogP contribution in [0.2, 0.25) is 0 Å². The second-order valence-electron chi connectivity index (χ2n) is 6.64. The lowest BCUT2D eigenvalue weighted by atomic mass is 10.1. The summed E-state index contributed by atoms with van der Waals surface area (Å²) < 4.78 is 46.0. The number of halogens is 1. The van der Waals surface area contributed by atoms with Gasteiger partial charge in [0.1, 0.15) is 11.6 Å². The highest BCUT2D eigenvalue weighted by Gasteiger charge is 2.26. The van der Waals surface area contributed by atoms with Gasteiger partial charge in [-0.2, -0.15) is 4.31 Å². The van der Waals surface area contributed by atoms with E-state index in [4.69, 9.17) is 4.74 Å². The molecule has 1 aliphatic heterocycles. The van der Waals surface area contributed by atoms with Gasteiger partial charge in [0.15, 0.2) is 0 Å². The van der Waals surface area contributed by atoms with E-state index in [0.717, 1.165) is 25.3 Å². The molecule has 1 aliphatic rings. The van der Waals surface area contributed by atoms with Crippen LogP contribution in [0.1, 0.15) is 35.2 Å². The van der Waals surface area contributed by atoms with Crippen LogP contribution in [0.25, 0.3) is 0 Å². The fourth-order valence-corrected chi connectivity index (χ4v) is 4.74. The summed E-state index contributed by atoms with van der Waals surface area (Å²) in [5, 5.41) is 2.62. The van der Waals surface area contributed by atoms with Crippen molar-refractivity contribution in [2.45, 2.75) is 30.7 Å². The number of amides is 1. The zero-order valence-electron chi connectivity index (χ0n) is 15.7. The Balaban J connectivity index is 1.70. The maximum atomic E-state index is 14.0. The lowest BCUT2D eigenvalue weighted by molar-refractivity contribution is 0.0947. The summed E-state index contributed by atoms with van der Waals surface area (Å²) in [5.74, 6) is -0.938. The van der Waals surface area contributed by atoms with Crippen molar-refractivity contribution in [2.24, 2.45) is 0 Å². The van der Waals surface area contributed by atoms with E-state index in [9.17, 15) is 17.6 Å².